The van der Waals surface area contributed by atoms with Gasteiger partial charge in [0.05, 0.1) is 24.5 Å². The van der Waals surface area contributed by atoms with E-state index < -0.39 is 37.6 Å². The highest BCUT2D eigenvalue weighted by atomic mass is 31.2. The Hall–Kier alpha value is -0.0100. The predicted octanol–water partition coefficient (Wildman–Crippen LogP) is -1.25. The topological polar surface area (TPSA) is 110 Å². The molecule has 6 atom stereocenters. The fourth-order valence-electron chi connectivity index (χ4n) is 2.69. The standard InChI is InChI=1S/C10H20NO6P/c1-11-5-8(12)10(14)9(13)7(11)4-6-2-3-17-18(6,15)16/h6-10,12-14H,2-5H2,1H3,(H,15,16)/t6?,7-,8-,9-,10-/m1/s1. The summed E-state index contributed by atoms with van der Waals surface area (Å²) in [5.74, 6) is 0. The van der Waals surface area contributed by atoms with Crippen molar-refractivity contribution in [2.24, 2.45) is 0 Å². The van der Waals surface area contributed by atoms with Gasteiger partial charge in [-0.05, 0) is 19.9 Å². The summed E-state index contributed by atoms with van der Waals surface area (Å²) in [6.07, 6.45) is -2.59. The number of aliphatic hydroxyl groups excluding tert-OH is 3. The molecule has 4 N–H and O–H groups in total. The Balaban J connectivity index is 2.06. The zero-order valence-corrected chi connectivity index (χ0v) is 11.1. The van der Waals surface area contributed by atoms with Crippen molar-refractivity contribution >= 4 is 7.60 Å². The average molecular weight is 281 g/mol. The second kappa shape index (κ2) is 5.17. The minimum absolute atomic E-state index is 0.228. The minimum atomic E-state index is -3.59. The van der Waals surface area contributed by atoms with Crippen LogP contribution in [0.4, 0.5) is 0 Å². The van der Waals surface area contributed by atoms with E-state index in [9.17, 15) is 24.8 Å². The molecule has 0 aromatic carbocycles. The maximum Gasteiger partial charge on any atom is 0.331 e. The molecule has 0 aromatic rings. The third-order valence-electron chi connectivity index (χ3n) is 3.88. The van der Waals surface area contributed by atoms with Crippen LogP contribution in [0, 0.1) is 0 Å². The number of β-amino-alcohol motifs (C(OH)–C–C–N with tert-alkyl or cyclic N) is 1. The molecule has 2 fully saturated rings. The van der Waals surface area contributed by atoms with Gasteiger partial charge in [0, 0.05) is 12.6 Å². The third-order valence-corrected chi connectivity index (χ3v) is 5.83. The maximum atomic E-state index is 11.7. The first kappa shape index (κ1) is 14.4. The molecular formula is C10H20NO6P. The van der Waals surface area contributed by atoms with Crippen molar-refractivity contribution in [3.63, 3.8) is 0 Å². The summed E-state index contributed by atoms with van der Waals surface area (Å²) in [4.78, 5) is 11.3. The molecule has 0 amide bonds. The summed E-state index contributed by atoms with van der Waals surface area (Å²) < 4.78 is 16.5. The fraction of sp³-hybridized carbons (Fsp3) is 1.00. The Labute approximate surface area is 106 Å². The lowest BCUT2D eigenvalue weighted by molar-refractivity contribution is -0.132. The van der Waals surface area contributed by atoms with Gasteiger partial charge in [0.15, 0.2) is 0 Å². The van der Waals surface area contributed by atoms with Gasteiger partial charge in [-0.25, -0.2) is 0 Å². The zero-order chi connectivity index (χ0) is 13.5. The summed E-state index contributed by atoms with van der Waals surface area (Å²) in [7, 11) is -1.88. The number of hydrogen-bond donors (Lipinski definition) is 4. The van der Waals surface area contributed by atoms with Gasteiger partial charge < -0.3 is 24.7 Å². The van der Waals surface area contributed by atoms with Gasteiger partial charge in [-0.1, -0.05) is 0 Å². The van der Waals surface area contributed by atoms with Crippen LogP contribution in [0.5, 0.6) is 0 Å². The molecule has 106 valence electrons. The Kier molecular flexibility index (Phi) is 4.14. The largest absolute Gasteiger partial charge is 0.389 e. The van der Waals surface area contributed by atoms with Crippen LogP contribution in [-0.2, 0) is 9.09 Å². The van der Waals surface area contributed by atoms with Crippen molar-refractivity contribution in [3.8, 4) is 0 Å². The van der Waals surface area contributed by atoms with E-state index in [1.165, 1.54) is 0 Å². The first-order chi connectivity index (χ1) is 8.33. The lowest BCUT2D eigenvalue weighted by Gasteiger charge is -2.42. The van der Waals surface area contributed by atoms with Crippen LogP contribution in [-0.4, -0.2) is 75.3 Å². The number of aliphatic hydroxyl groups is 3. The van der Waals surface area contributed by atoms with Crippen LogP contribution in [0.15, 0.2) is 0 Å². The molecule has 2 rings (SSSR count). The van der Waals surface area contributed by atoms with Crippen LogP contribution in [0.3, 0.4) is 0 Å². The molecule has 2 unspecified atom stereocenters. The number of nitrogens with zero attached hydrogens (tertiary/aromatic N) is 1. The molecule has 7 nitrogen and oxygen atoms in total. The smallest absolute Gasteiger partial charge is 0.331 e. The summed E-state index contributed by atoms with van der Waals surface area (Å²) in [5.41, 5.74) is -0.512. The van der Waals surface area contributed by atoms with Crippen LogP contribution in [0.25, 0.3) is 0 Å². The van der Waals surface area contributed by atoms with E-state index in [1.807, 2.05) is 0 Å². The summed E-state index contributed by atoms with van der Waals surface area (Å²) in [6, 6.07) is -0.449. The highest BCUT2D eigenvalue weighted by molar-refractivity contribution is 7.53. The first-order valence-electron chi connectivity index (χ1n) is 6.04. The molecule has 0 radical (unpaired) electrons. The first-order valence-corrected chi connectivity index (χ1v) is 7.69. The van der Waals surface area contributed by atoms with Gasteiger partial charge in [-0.2, -0.15) is 0 Å². The van der Waals surface area contributed by atoms with Gasteiger partial charge in [-0.3, -0.25) is 9.46 Å². The third kappa shape index (κ3) is 2.63. The predicted molar refractivity (Wildman–Crippen MR) is 63.2 cm³/mol. The van der Waals surface area contributed by atoms with Crippen LogP contribution >= 0.6 is 7.60 Å². The van der Waals surface area contributed by atoms with Crippen molar-refractivity contribution in [2.75, 3.05) is 20.2 Å². The average Bonchev–Trinajstić information content (AvgIpc) is 2.61. The van der Waals surface area contributed by atoms with E-state index in [2.05, 4.69) is 0 Å². The van der Waals surface area contributed by atoms with E-state index in [0.717, 1.165) is 0 Å². The number of rotatable bonds is 2. The minimum Gasteiger partial charge on any atom is -0.389 e. The summed E-state index contributed by atoms with van der Waals surface area (Å²) in [5, 5.41) is 29.1. The molecule has 2 saturated heterocycles. The molecule has 0 aliphatic carbocycles. The van der Waals surface area contributed by atoms with Crippen molar-refractivity contribution < 1.29 is 29.3 Å². The van der Waals surface area contributed by atoms with E-state index in [1.54, 1.807) is 11.9 Å². The van der Waals surface area contributed by atoms with Crippen molar-refractivity contribution in [1.29, 1.82) is 0 Å². The van der Waals surface area contributed by atoms with Crippen molar-refractivity contribution in [1.82, 2.24) is 4.90 Å². The maximum absolute atomic E-state index is 11.7. The van der Waals surface area contributed by atoms with Gasteiger partial charge >= 0.3 is 7.60 Å². The summed E-state index contributed by atoms with van der Waals surface area (Å²) >= 11 is 0. The van der Waals surface area contributed by atoms with Crippen LogP contribution < -0.4 is 0 Å². The Morgan fingerprint density at radius 1 is 1.33 bits per heavy atom. The molecule has 0 aromatic heterocycles. The normalized spacial score (nSPS) is 50.6. The number of likely N-dealkylation sites (N-methyl/N-ethyl adjacent to an activating group) is 1. The molecule has 0 bridgehead atoms. The van der Waals surface area contributed by atoms with Crippen LogP contribution in [0.1, 0.15) is 12.8 Å². The number of hydrogen-bond acceptors (Lipinski definition) is 6. The van der Waals surface area contributed by atoms with E-state index in [-0.39, 0.29) is 19.6 Å². The number of likely N-dealkylation sites (tertiary alicyclic amines) is 1. The van der Waals surface area contributed by atoms with Gasteiger partial charge in [0.25, 0.3) is 0 Å². The highest BCUT2D eigenvalue weighted by Gasteiger charge is 2.45. The van der Waals surface area contributed by atoms with Crippen molar-refractivity contribution in [3.05, 3.63) is 0 Å². The second-order valence-corrected chi connectivity index (χ2v) is 7.25. The van der Waals surface area contributed by atoms with E-state index >= 15 is 0 Å². The highest BCUT2D eigenvalue weighted by Crippen LogP contribution is 2.55. The molecule has 0 saturated carbocycles. The molecule has 2 aliphatic heterocycles. The quantitative estimate of drug-likeness (QED) is 0.468. The van der Waals surface area contributed by atoms with Crippen molar-refractivity contribution in [2.45, 2.75) is 42.9 Å². The zero-order valence-electron chi connectivity index (χ0n) is 10.2. The molecule has 0 spiro atoms. The Morgan fingerprint density at radius 2 is 2.00 bits per heavy atom. The SMILES string of the molecule is CN1C[C@@H](O)[C@@H](O)[C@H](O)[C@H]1CC1CCOP1(=O)O. The van der Waals surface area contributed by atoms with Gasteiger partial charge in [-0.15, -0.1) is 0 Å². The lowest BCUT2D eigenvalue weighted by atomic mass is 9.91. The van der Waals surface area contributed by atoms with Crippen LogP contribution in [0.2, 0.25) is 0 Å². The van der Waals surface area contributed by atoms with E-state index in [4.69, 9.17) is 4.52 Å². The molecule has 18 heavy (non-hydrogen) atoms. The summed E-state index contributed by atoms with van der Waals surface area (Å²) in [6.45, 7) is 0.475. The number of piperidine rings is 1. The Morgan fingerprint density at radius 3 is 2.56 bits per heavy atom. The second-order valence-electron chi connectivity index (χ2n) is 5.13. The fourth-order valence-corrected chi connectivity index (χ4v) is 4.18. The monoisotopic (exact) mass is 281 g/mol. The van der Waals surface area contributed by atoms with Gasteiger partial charge in [0.1, 0.15) is 6.10 Å². The molecule has 8 heteroatoms. The van der Waals surface area contributed by atoms with Gasteiger partial charge in [0.2, 0.25) is 0 Å². The molecule has 2 aliphatic rings. The van der Waals surface area contributed by atoms with E-state index in [0.29, 0.717) is 6.42 Å². The molecule has 2 heterocycles. The Bertz CT molecular complexity index is 353. The lowest BCUT2D eigenvalue weighted by Crippen LogP contribution is -2.60. The molecular weight excluding hydrogens is 261 g/mol.